The van der Waals surface area contributed by atoms with E-state index in [2.05, 4.69) is 44.0 Å². The quantitative estimate of drug-likeness (QED) is 0.861. The van der Waals surface area contributed by atoms with E-state index < -0.39 is 6.67 Å². The van der Waals surface area contributed by atoms with Gasteiger partial charge in [0.2, 0.25) is 0 Å². The van der Waals surface area contributed by atoms with Crippen molar-refractivity contribution in [1.29, 1.82) is 0 Å². The van der Waals surface area contributed by atoms with E-state index in [-0.39, 0.29) is 0 Å². The molecule has 0 atom stereocenters. The van der Waals surface area contributed by atoms with Gasteiger partial charge in [0.05, 0.1) is 11.4 Å². The van der Waals surface area contributed by atoms with Crippen molar-refractivity contribution >= 4 is 0 Å². The number of nitrogens with zero attached hydrogens (tertiary/aromatic N) is 4. The van der Waals surface area contributed by atoms with Gasteiger partial charge >= 0.3 is 0 Å². The number of hydrogen-bond acceptors (Lipinski definition) is 2. The average Bonchev–Trinajstić information content (AvgIpc) is 2.92. The lowest BCUT2D eigenvalue weighted by molar-refractivity contribution is 0.471. The van der Waals surface area contributed by atoms with Crippen molar-refractivity contribution in [3.63, 3.8) is 0 Å². The summed E-state index contributed by atoms with van der Waals surface area (Å²) in [6.45, 7) is 10.0. The molecule has 0 aliphatic heterocycles. The van der Waals surface area contributed by atoms with Crippen LogP contribution >= 0.6 is 0 Å². The predicted molar refractivity (Wildman–Crippen MR) is 84.1 cm³/mol. The van der Waals surface area contributed by atoms with Gasteiger partial charge in [0.1, 0.15) is 6.67 Å². The first-order valence-electron chi connectivity index (χ1n) is 7.35. The molecule has 0 saturated carbocycles. The van der Waals surface area contributed by atoms with E-state index in [1.54, 1.807) is 4.68 Å². The lowest BCUT2D eigenvalue weighted by atomic mass is 10.1. The molecule has 0 bridgehead atoms. The van der Waals surface area contributed by atoms with Crippen LogP contribution in [0.5, 0.6) is 0 Å². The highest BCUT2D eigenvalue weighted by atomic mass is 19.1. The number of hydrogen-bond donors (Lipinski definition) is 0. The summed E-state index contributed by atoms with van der Waals surface area (Å²) < 4.78 is 15.8. The van der Waals surface area contributed by atoms with Crippen LogP contribution < -0.4 is 0 Å². The fourth-order valence-electron chi connectivity index (χ4n) is 2.32. The topological polar surface area (TPSA) is 35.6 Å². The van der Waals surface area contributed by atoms with Gasteiger partial charge in [-0.1, -0.05) is 27.7 Å². The van der Waals surface area contributed by atoms with Crippen molar-refractivity contribution in [2.75, 3.05) is 0 Å². The van der Waals surface area contributed by atoms with Gasteiger partial charge in [0, 0.05) is 25.5 Å². The highest BCUT2D eigenvalue weighted by molar-refractivity contribution is 5.13. The molecular formula is C16H27FN4. The minimum atomic E-state index is -0.472. The van der Waals surface area contributed by atoms with Gasteiger partial charge in [-0.2, -0.15) is 10.2 Å². The molecule has 0 saturated heterocycles. The monoisotopic (exact) mass is 294 g/mol. The Morgan fingerprint density at radius 3 is 1.67 bits per heavy atom. The van der Waals surface area contributed by atoms with Gasteiger partial charge < -0.3 is 0 Å². The molecule has 0 unspecified atom stereocenters. The summed E-state index contributed by atoms with van der Waals surface area (Å²) in [5, 5.41) is 8.24. The van der Waals surface area contributed by atoms with Crippen LogP contribution in [0.1, 0.15) is 62.3 Å². The second kappa shape index (κ2) is 7.38. The fourth-order valence-corrected chi connectivity index (χ4v) is 2.32. The zero-order valence-electron chi connectivity index (χ0n) is 14.2. The normalized spacial score (nSPS) is 11.0. The van der Waals surface area contributed by atoms with Crippen LogP contribution in [0.25, 0.3) is 0 Å². The summed E-state index contributed by atoms with van der Waals surface area (Å²) in [5.74, 6) is 0.985. The summed E-state index contributed by atoms with van der Waals surface area (Å²) in [6, 6.07) is 3.94. The lowest BCUT2D eigenvalue weighted by Crippen LogP contribution is -1.99. The maximum Gasteiger partial charge on any atom is 0.133 e. The molecule has 2 aromatic heterocycles. The van der Waals surface area contributed by atoms with Gasteiger partial charge in [-0.25, -0.2) is 4.39 Å². The van der Waals surface area contributed by atoms with E-state index in [4.69, 9.17) is 0 Å². The molecule has 21 heavy (non-hydrogen) atoms. The molecule has 0 aliphatic carbocycles. The molecule has 2 heterocycles. The third-order valence-electron chi connectivity index (χ3n) is 3.32. The molecule has 0 aliphatic rings. The minimum absolute atomic E-state index is 0.410. The van der Waals surface area contributed by atoms with Crippen LogP contribution in [0.4, 0.5) is 4.39 Å². The Hall–Kier alpha value is -1.65. The van der Waals surface area contributed by atoms with Gasteiger partial charge in [-0.05, 0) is 30.9 Å². The first-order chi connectivity index (χ1) is 9.76. The van der Waals surface area contributed by atoms with E-state index in [0.717, 1.165) is 11.4 Å². The van der Waals surface area contributed by atoms with Crippen LogP contribution in [0, 0.1) is 6.92 Å². The van der Waals surface area contributed by atoms with E-state index >= 15 is 0 Å². The van der Waals surface area contributed by atoms with Crippen LogP contribution in [0.3, 0.4) is 0 Å². The van der Waals surface area contributed by atoms with Crippen molar-refractivity contribution in [2.45, 2.75) is 53.1 Å². The first-order valence-corrected chi connectivity index (χ1v) is 7.35. The smallest absolute Gasteiger partial charge is 0.133 e. The van der Waals surface area contributed by atoms with Gasteiger partial charge in [0.25, 0.3) is 0 Å². The van der Waals surface area contributed by atoms with Crippen molar-refractivity contribution in [2.24, 2.45) is 14.1 Å². The lowest BCUT2D eigenvalue weighted by Gasteiger charge is -2.02. The number of halogens is 1. The SMILES string of the molecule is CC(C)c1cc(CF)nn1C.Cc1cc(C(C)C)n(C)n1. The third kappa shape index (κ3) is 4.69. The Bertz CT molecular complexity index is 567. The fraction of sp³-hybridized carbons (Fsp3) is 0.625. The van der Waals surface area contributed by atoms with Gasteiger partial charge in [-0.3, -0.25) is 9.36 Å². The maximum absolute atomic E-state index is 12.1. The summed E-state index contributed by atoms with van der Waals surface area (Å²) in [4.78, 5) is 0. The molecule has 4 nitrogen and oxygen atoms in total. The second-order valence-electron chi connectivity index (χ2n) is 5.96. The van der Waals surface area contributed by atoms with Crippen molar-refractivity contribution < 1.29 is 4.39 Å². The molecule has 0 spiro atoms. The largest absolute Gasteiger partial charge is 0.272 e. The molecule has 0 aromatic carbocycles. The van der Waals surface area contributed by atoms with Crippen LogP contribution in [-0.2, 0) is 20.8 Å². The predicted octanol–water partition coefficient (Wildman–Crippen LogP) is 3.86. The van der Waals surface area contributed by atoms with E-state index in [1.807, 2.05) is 31.8 Å². The second-order valence-corrected chi connectivity index (χ2v) is 5.96. The maximum atomic E-state index is 12.1. The van der Waals surface area contributed by atoms with Gasteiger partial charge in [-0.15, -0.1) is 0 Å². The van der Waals surface area contributed by atoms with Crippen LogP contribution in [0.2, 0.25) is 0 Å². The number of alkyl halides is 1. The Balaban J connectivity index is 0.000000211. The molecule has 0 amide bonds. The minimum Gasteiger partial charge on any atom is -0.272 e. The van der Waals surface area contributed by atoms with Gasteiger partial charge in [0.15, 0.2) is 0 Å². The van der Waals surface area contributed by atoms with E-state index in [9.17, 15) is 4.39 Å². The number of aromatic nitrogens is 4. The molecule has 2 aromatic rings. The Labute approximate surface area is 127 Å². The molecule has 5 heteroatoms. The molecule has 0 radical (unpaired) electrons. The zero-order valence-corrected chi connectivity index (χ0v) is 14.2. The molecule has 118 valence electrons. The number of rotatable bonds is 3. The summed E-state index contributed by atoms with van der Waals surface area (Å²) in [6.07, 6.45) is 0. The number of aryl methyl sites for hydroxylation is 3. The van der Waals surface area contributed by atoms with E-state index in [0.29, 0.717) is 17.5 Å². The molecule has 0 N–H and O–H groups in total. The highest BCUT2D eigenvalue weighted by Gasteiger charge is 2.07. The first kappa shape index (κ1) is 17.4. The molecule has 2 rings (SSSR count). The summed E-state index contributed by atoms with van der Waals surface area (Å²) in [5.41, 5.74) is 4.01. The highest BCUT2D eigenvalue weighted by Crippen LogP contribution is 2.15. The Kier molecular flexibility index (Phi) is 6.12. The molecular weight excluding hydrogens is 267 g/mol. The standard InChI is InChI=1S/C8H13FN2.C8H14N2/c1-6(2)8-4-7(5-9)10-11(8)3;1-6(2)8-5-7(3)9-10(8)4/h4,6H,5H2,1-3H3;5-6H,1-4H3. The average molecular weight is 294 g/mol. The van der Waals surface area contributed by atoms with Crippen LogP contribution in [0.15, 0.2) is 12.1 Å². The van der Waals surface area contributed by atoms with Crippen molar-refractivity contribution in [3.8, 4) is 0 Å². The van der Waals surface area contributed by atoms with Crippen LogP contribution in [-0.4, -0.2) is 19.6 Å². The van der Waals surface area contributed by atoms with Crippen molar-refractivity contribution in [1.82, 2.24) is 19.6 Å². The summed E-state index contributed by atoms with van der Waals surface area (Å²) >= 11 is 0. The Morgan fingerprint density at radius 2 is 1.43 bits per heavy atom. The zero-order chi connectivity index (χ0) is 16.2. The third-order valence-corrected chi connectivity index (χ3v) is 3.32. The Morgan fingerprint density at radius 1 is 0.952 bits per heavy atom. The molecule has 0 fully saturated rings. The van der Waals surface area contributed by atoms with E-state index in [1.165, 1.54) is 5.69 Å². The van der Waals surface area contributed by atoms with Crippen molar-refractivity contribution in [3.05, 3.63) is 34.9 Å². The summed E-state index contributed by atoms with van der Waals surface area (Å²) in [7, 11) is 3.83.